The van der Waals surface area contributed by atoms with Gasteiger partial charge in [0.25, 0.3) is 0 Å². The highest BCUT2D eigenvalue weighted by Gasteiger charge is 2.36. The van der Waals surface area contributed by atoms with Crippen LogP contribution in [0, 0.1) is 24.2 Å². The van der Waals surface area contributed by atoms with Gasteiger partial charge in [-0.25, -0.2) is 0 Å². The first-order valence-corrected chi connectivity index (χ1v) is 23.7. The third-order valence-electron chi connectivity index (χ3n) is 14.5. The molecule has 322 valence electrons. The standard InChI is InChI=1S/C64H50N2O/c1-4-6-19-43(5-2)63(45-31-29-44(30-32-45)47-35-38-59-54(39-47)51-23-12-15-26-57(51)65(59)48-20-8-7-9-21-48)64(50-22-11-10-18-42(50)3)46-33-36-49(37-34-46)66-58-27-16-13-24-52(58)55-41-62-56(40-60(55)66)53-25-14-17-28-61(53)67-62/h2,4,6-9,11-17,19-42,50,63-64H,10,18H2,1,3H3/b6-4-,43-19+. The molecule has 0 spiro atoms. The van der Waals surface area contributed by atoms with Gasteiger partial charge in [0.05, 0.1) is 22.1 Å². The number of para-hydroxylation sites is 4. The number of hydrogen-bond acceptors (Lipinski definition) is 1. The van der Waals surface area contributed by atoms with Crippen LogP contribution >= 0.6 is 0 Å². The molecule has 3 nitrogen and oxygen atoms in total. The van der Waals surface area contributed by atoms with Crippen LogP contribution in [0.1, 0.15) is 49.7 Å². The molecule has 0 bridgehead atoms. The van der Waals surface area contributed by atoms with E-state index in [0.29, 0.717) is 5.92 Å². The zero-order chi connectivity index (χ0) is 45.0. The minimum Gasteiger partial charge on any atom is -0.456 e. The van der Waals surface area contributed by atoms with Crippen LogP contribution in [0.25, 0.3) is 88.1 Å². The molecule has 0 saturated heterocycles. The molecular formula is C64H50N2O. The highest BCUT2D eigenvalue weighted by molar-refractivity contribution is 6.17. The number of nitrogens with zero attached hydrogens (tertiary/aromatic N) is 2. The van der Waals surface area contributed by atoms with E-state index in [9.17, 15) is 0 Å². The monoisotopic (exact) mass is 862 g/mol. The van der Waals surface area contributed by atoms with Gasteiger partial charge in [-0.1, -0.05) is 158 Å². The summed E-state index contributed by atoms with van der Waals surface area (Å²) in [5.74, 6) is 4.01. The van der Waals surface area contributed by atoms with Gasteiger partial charge >= 0.3 is 0 Å². The molecule has 4 atom stereocenters. The number of benzene rings is 8. The second-order valence-electron chi connectivity index (χ2n) is 18.3. The molecule has 0 fully saturated rings. The molecule has 3 aromatic heterocycles. The van der Waals surface area contributed by atoms with Crippen LogP contribution in [-0.2, 0) is 0 Å². The lowest BCUT2D eigenvalue weighted by molar-refractivity contribution is 0.314. The van der Waals surface area contributed by atoms with Crippen molar-refractivity contribution >= 4 is 65.6 Å². The fourth-order valence-corrected chi connectivity index (χ4v) is 11.3. The summed E-state index contributed by atoms with van der Waals surface area (Å²) < 4.78 is 11.2. The SMILES string of the molecule is C#C/C(=C\C=C/C)C(c1ccc(-c2ccc3c(c2)c2ccccc2n3-c2ccccc2)cc1)C(c1ccc(-n2c3ccccc3c3cc4oc5ccccc5c4cc32)cc1)C1C=CCCC1C. The van der Waals surface area contributed by atoms with E-state index < -0.39 is 0 Å². The molecule has 11 aromatic rings. The number of rotatable bonds is 9. The molecule has 0 saturated carbocycles. The lowest BCUT2D eigenvalue weighted by Gasteiger charge is -2.38. The predicted octanol–water partition coefficient (Wildman–Crippen LogP) is 17.1. The van der Waals surface area contributed by atoms with Crippen molar-refractivity contribution < 1.29 is 4.42 Å². The molecule has 1 aliphatic rings. The number of allylic oxidation sites excluding steroid dienone is 6. The molecule has 67 heavy (non-hydrogen) atoms. The van der Waals surface area contributed by atoms with Crippen molar-refractivity contribution in [3.05, 3.63) is 229 Å². The Morgan fingerprint density at radius 2 is 1.19 bits per heavy atom. The first-order valence-electron chi connectivity index (χ1n) is 23.7. The summed E-state index contributed by atoms with van der Waals surface area (Å²) in [5.41, 5.74) is 14.7. The van der Waals surface area contributed by atoms with Crippen LogP contribution in [0.2, 0.25) is 0 Å². The molecule has 3 heteroatoms. The molecule has 3 heterocycles. The molecule has 8 aromatic carbocycles. The van der Waals surface area contributed by atoms with E-state index in [-0.39, 0.29) is 17.8 Å². The molecule has 4 unspecified atom stereocenters. The zero-order valence-corrected chi connectivity index (χ0v) is 37.8. The summed E-state index contributed by atoms with van der Waals surface area (Å²) >= 11 is 0. The molecule has 1 aliphatic carbocycles. The van der Waals surface area contributed by atoms with Crippen molar-refractivity contribution in [2.75, 3.05) is 0 Å². The summed E-state index contributed by atoms with van der Waals surface area (Å²) in [4.78, 5) is 0. The number of hydrogen-bond donors (Lipinski definition) is 0. The Bertz CT molecular complexity index is 3790. The maximum Gasteiger partial charge on any atom is 0.136 e. The fourth-order valence-electron chi connectivity index (χ4n) is 11.3. The average molecular weight is 863 g/mol. The molecule has 0 aliphatic heterocycles. The van der Waals surface area contributed by atoms with E-state index in [0.717, 1.165) is 57.2 Å². The summed E-state index contributed by atoms with van der Waals surface area (Å²) in [5, 5.41) is 7.14. The van der Waals surface area contributed by atoms with Crippen LogP contribution < -0.4 is 0 Å². The second kappa shape index (κ2) is 16.7. The number of aromatic nitrogens is 2. The van der Waals surface area contributed by atoms with Crippen molar-refractivity contribution in [3.63, 3.8) is 0 Å². The van der Waals surface area contributed by atoms with Crippen LogP contribution in [-0.4, -0.2) is 9.13 Å². The van der Waals surface area contributed by atoms with Gasteiger partial charge in [0.2, 0.25) is 0 Å². The number of furan rings is 1. The second-order valence-corrected chi connectivity index (χ2v) is 18.3. The smallest absolute Gasteiger partial charge is 0.136 e. The third-order valence-corrected chi connectivity index (χ3v) is 14.5. The highest BCUT2D eigenvalue weighted by Crippen LogP contribution is 2.49. The fraction of sp³-hybridized carbons (Fsp3) is 0.125. The van der Waals surface area contributed by atoms with E-state index in [2.05, 4.69) is 235 Å². The van der Waals surface area contributed by atoms with Crippen molar-refractivity contribution in [1.29, 1.82) is 0 Å². The Hall–Kier alpha value is -8.06. The van der Waals surface area contributed by atoms with Gasteiger partial charge in [0.15, 0.2) is 0 Å². The summed E-state index contributed by atoms with van der Waals surface area (Å²) in [7, 11) is 0. The summed E-state index contributed by atoms with van der Waals surface area (Å²) in [6.07, 6.45) is 20.0. The lowest BCUT2D eigenvalue weighted by Crippen LogP contribution is -2.27. The maximum absolute atomic E-state index is 6.57. The molecule has 0 radical (unpaired) electrons. The quantitative estimate of drug-likeness (QED) is 0.0805. The average Bonchev–Trinajstić information content (AvgIpc) is 4.03. The van der Waals surface area contributed by atoms with Gasteiger partial charge in [0, 0.05) is 61.1 Å². The number of fused-ring (bicyclic) bond motifs is 9. The first kappa shape index (κ1) is 40.4. The Morgan fingerprint density at radius 3 is 1.91 bits per heavy atom. The Kier molecular flexibility index (Phi) is 10.1. The normalized spacial score (nSPS) is 16.5. The third kappa shape index (κ3) is 6.83. The molecule has 12 rings (SSSR count). The minimum atomic E-state index is -0.0569. The molecular weight excluding hydrogens is 813 g/mol. The van der Waals surface area contributed by atoms with E-state index in [1.165, 1.54) is 60.3 Å². The van der Waals surface area contributed by atoms with Gasteiger partial charge in [-0.3, -0.25) is 0 Å². The van der Waals surface area contributed by atoms with Crippen molar-refractivity contribution in [2.24, 2.45) is 11.8 Å². The van der Waals surface area contributed by atoms with Gasteiger partial charge in [0.1, 0.15) is 11.2 Å². The van der Waals surface area contributed by atoms with Crippen LogP contribution in [0.4, 0.5) is 0 Å². The van der Waals surface area contributed by atoms with Gasteiger partial charge < -0.3 is 13.6 Å². The largest absolute Gasteiger partial charge is 0.456 e. The van der Waals surface area contributed by atoms with Crippen LogP contribution in [0.5, 0.6) is 0 Å². The topological polar surface area (TPSA) is 23.0 Å². The van der Waals surface area contributed by atoms with Crippen LogP contribution in [0.15, 0.2) is 222 Å². The van der Waals surface area contributed by atoms with E-state index in [1.54, 1.807) is 0 Å². The Labute approximate surface area is 391 Å². The Balaban J connectivity index is 0.974. The van der Waals surface area contributed by atoms with Gasteiger partial charge in [-0.15, -0.1) is 6.42 Å². The number of terminal acetylenes is 1. The highest BCUT2D eigenvalue weighted by atomic mass is 16.3. The van der Waals surface area contributed by atoms with Crippen molar-refractivity contribution in [1.82, 2.24) is 9.13 Å². The van der Waals surface area contributed by atoms with E-state index in [4.69, 9.17) is 10.8 Å². The molecule has 0 N–H and O–H groups in total. The van der Waals surface area contributed by atoms with E-state index >= 15 is 0 Å². The minimum absolute atomic E-state index is 0.0569. The zero-order valence-electron chi connectivity index (χ0n) is 37.8. The molecule has 0 amide bonds. The summed E-state index contributed by atoms with van der Waals surface area (Å²) in [6, 6.07) is 66.5. The Morgan fingerprint density at radius 1 is 0.582 bits per heavy atom. The maximum atomic E-state index is 6.57. The van der Waals surface area contributed by atoms with Crippen molar-refractivity contribution in [3.8, 4) is 34.8 Å². The predicted molar refractivity (Wildman–Crippen MR) is 283 cm³/mol. The van der Waals surface area contributed by atoms with Gasteiger partial charge in [-0.05, 0) is 121 Å². The first-order chi connectivity index (χ1) is 33.1. The van der Waals surface area contributed by atoms with Gasteiger partial charge in [-0.2, -0.15) is 0 Å². The van der Waals surface area contributed by atoms with Crippen molar-refractivity contribution in [2.45, 2.75) is 38.5 Å². The summed E-state index contributed by atoms with van der Waals surface area (Å²) in [6.45, 7) is 4.48. The van der Waals surface area contributed by atoms with E-state index in [1.807, 2.05) is 6.07 Å². The van der Waals surface area contributed by atoms with Crippen LogP contribution in [0.3, 0.4) is 0 Å². The lowest BCUT2D eigenvalue weighted by atomic mass is 9.65.